The zero-order chi connectivity index (χ0) is 13.1. The van der Waals surface area contributed by atoms with Crippen LogP contribution >= 0.6 is 0 Å². The highest BCUT2D eigenvalue weighted by atomic mass is 16.5. The number of ether oxygens (including phenoxy) is 1. The minimum Gasteiger partial charge on any atom is -0.381 e. The van der Waals surface area contributed by atoms with Crippen LogP contribution in [0.4, 0.5) is 5.82 Å². The second kappa shape index (κ2) is 5.84. The van der Waals surface area contributed by atoms with E-state index in [-0.39, 0.29) is 0 Å². The van der Waals surface area contributed by atoms with Gasteiger partial charge in [-0.25, -0.2) is 15.8 Å². The first-order chi connectivity index (χ1) is 9.36. The summed E-state index contributed by atoms with van der Waals surface area (Å²) in [5, 5.41) is 0. The Morgan fingerprint density at radius 1 is 1.05 bits per heavy atom. The molecule has 1 aliphatic heterocycles. The Morgan fingerprint density at radius 2 is 1.79 bits per heavy atom. The molecule has 5 nitrogen and oxygen atoms in total. The molecule has 104 valence electrons. The molecule has 1 saturated heterocycles. The number of nitrogens with zero attached hydrogens (tertiary/aromatic N) is 2. The number of hydrogen-bond acceptors (Lipinski definition) is 5. The monoisotopic (exact) mass is 262 g/mol. The van der Waals surface area contributed by atoms with Gasteiger partial charge in [-0.15, -0.1) is 0 Å². The smallest absolute Gasteiger partial charge is 0.143 e. The van der Waals surface area contributed by atoms with Gasteiger partial charge in [0.25, 0.3) is 0 Å². The van der Waals surface area contributed by atoms with Crippen LogP contribution in [-0.2, 0) is 4.74 Å². The van der Waals surface area contributed by atoms with Gasteiger partial charge in [-0.2, -0.15) is 0 Å². The second-order valence-corrected chi connectivity index (χ2v) is 5.55. The molecule has 0 unspecified atom stereocenters. The van der Waals surface area contributed by atoms with Gasteiger partial charge >= 0.3 is 0 Å². The summed E-state index contributed by atoms with van der Waals surface area (Å²) in [7, 11) is 0. The molecule has 0 amide bonds. The average molecular weight is 262 g/mol. The van der Waals surface area contributed by atoms with Gasteiger partial charge in [-0.3, -0.25) is 0 Å². The first kappa shape index (κ1) is 12.8. The molecule has 2 aliphatic rings. The number of aromatic nitrogens is 2. The van der Waals surface area contributed by atoms with Crippen molar-refractivity contribution in [2.45, 2.75) is 50.4 Å². The van der Waals surface area contributed by atoms with Crippen molar-refractivity contribution < 1.29 is 4.74 Å². The van der Waals surface area contributed by atoms with E-state index in [1.54, 1.807) is 0 Å². The van der Waals surface area contributed by atoms with Crippen LogP contribution in [0.15, 0.2) is 6.07 Å². The van der Waals surface area contributed by atoms with E-state index in [1.165, 1.54) is 31.4 Å². The summed E-state index contributed by atoms with van der Waals surface area (Å²) >= 11 is 0. The molecule has 1 saturated carbocycles. The van der Waals surface area contributed by atoms with Crippen molar-refractivity contribution in [3.8, 4) is 0 Å². The number of nitrogen functional groups attached to an aromatic ring is 1. The highest BCUT2D eigenvalue weighted by Gasteiger charge is 2.23. The summed E-state index contributed by atoms with van der Waals surface area (Å²) in [6, 6.07) is 2.01. The number of anilines is 1. The molecule has 0 atom stereocenters. The summed E-state index contributed by atoms with van der Waals surface area (Å²) < 4.78 is 5.41. The molecule has 0 spiro atoms. The van der Waals surface area contributed by atoms with Crippen molar-refractivity contribution >= 4 is 5.82 Å². The Bertz CT molecular complexity index is 425. The first-order valence-corrected chi connectivity index (χ1v) is 7.30. The summed E-state index contributed by atoms with van der Waals surface area (Å²) in [6.45, 7) is 1.63. The minimum absolute atomic E-state index is 0.419. The summed E-state index contributed by atoms with van der Waals surface area (Å²) in [6.07, 6.45) is 7.14. The maximum absolute atomic E-state index is 5.55. The lowest BCUT2D eigenvalue weighted by atomic mass is 9.98. The molecule has 0 aromatic carbocycles. The van der Waals surface area contributed by atoms with Crippen molar-refractivity contribution in [1.82, 2.24) is 9.97 Å². The van der Waals surface area contributed by atoms with Crippen molar-refractivity contribution in [3.05, 3.63) is 17.6 Å². The van der Waals surface area contributed by atoms with Gasteiger partial charge in [-0.05, 0) is 25.7 Å². The van der Waals surface area contributed by atoms with Gasteiger partial charge in [0.1, 0.15) is 11.6 Å². The highest BCUT2D eigenvalue weighted by molar-refractivity contribution is 5.36. The van der Waals surface area contributed by atoms with Crippen LogP contribution in [0.3, 0.4) is 0 Å². The molecule has 0 bridgehead atoms. The van der Waals surface area contributed by atoms with Gasteiger partial charge in [0.2, 0.25) is 0 Å². The van der Waals surface area contributed by atoms with E-state index in [4.69, 9.17) is 15.6 Å². The third kappa shape index (κ3) is 2.87. The van der Waals surface area contributed by atoms with Gasteiger partial charge in [0.15, 0.2) is 0 Å². The predicted molar refractivity (Wildman–Crippen MR) is 73.8 cm³/mol. The van der Waals surface area contributed by atoms with Crippen molar-refractivity contribution in [2.24, 2.45) is 5.84 Å². The molecular formula is C14H22N4O. The van der Waals surface area contributed by atoms with Crippen LogP contribution in [0, 0.1) is 0 Å². The Labute approximate surface area is 113 Å². The quantitative estimate of drug-likeness (QED) is 0.646. The molecule has 1 aromatic rings. The van der Waals surface area contributed by atoms with Crippen LogP contribution in [0.1, 0.15) is 61.9 Å². The number of rotatable bonds is 3. The van der Waals surface area contributed by atoms with Crippen LogP contribution in [0.2, 0.25) is 0 Å². The van der Waals surface area contributed by atoms with Gasteiger partial charge in [0, 0.05) is 36.8 Å². The normalized spacial score (nSPS) is 21.7. The van der Waals surface area contributed by atoms with E-state index in [0.717, 1.165) is 37.7 Å². The van der Waals surface area contributed by atoms with Crippen LogP contribution < -0.4 is 11.3 Å². The SMILES string of the molecule is NNc1cc(C2CCCC2)nc(C2CCOCC2)n1. The molecular weight excluding hydrogens is 240 g/mol. The minimum atomic E-state index is 0.419. The van der Waals surface area contributed by atoms with E-state index in [1.807, 2.05) is 6.07 Å². The largest absolute Gasteiger partial charge is 0.381 e. The number of nitrogens with two attached hydrogens (primary N) is 1. The van der Waals surface area contributed by atoms with E-state index < -0.39 is 0 Å². The maximum Gasteiger partial charge on any atom is 0.143 e. The van der Waals surface area contributed by atoms with Crippen molar-refractivity contribution in [3.63, 3.8) is 0 Å². The zero-order valence-corrected chi connectivity index (χ0v) is 11.3. The molecule has 3 N–H and O–H groups in total. The van der Waals surface area contributed by atoms with Crippen molar-refractivity contribution in [1.29, 1.82) is 0 Å². The van der Waals surface area contributed by atoms with Crippen LogP contribution in [0.25, 0.3) is 0 Å². The Balaban J connectivity index is 1.87. The Kier molecular flexibility index (Phi) is 3.94. The average Bonchev–Trinajstić information content (AvgIpc) is 3.02. The van der Waals surface area contributed by atoms with Gasteiger partial charge < -0.3 is 10.2 Å². The van der Waals surface area contributed by atoms with Gasteiger partial charge in [0.05, 0.1) is 0 Å². The standard InChI is InChI=1S/C14H22N4O/c15-18-13-9-12(10-3-1-2-4-10)16-14(17-13)11-5-7-19-8-6-11/h9-11H,1-8,15H2,(H,16,17,18). The van der Waals surface area contributed by atoms with E-state index in [0.29, 0.717) is 11.8 Å². The first-order valence-electron chi connectivity index (χ1n) is 7.30. The predicted octanol–water partition coefficient (Wildman–Crippen LogP) is 2.31. The van der Waals surface area contributed by atoms with E-state index in [9.17, 15) is 0 Å². The summed E-state index contributed by atoms with van der Waals surface area (Å²) in [5.74, 6) is 8.25. The molecule has 1 aliphatic carbocycles. The number of hydrogen-bond donors (Lipinski definition) is 2. The fraction of sp³-hybridized carbons (Fsp3) is 0.714. The number of nitrogens with one attached hydrogen (secondary N) is 1. The summed E-state index contributed by atoms with van der Waals surface area (Å²) in [5.41, 5.74) is 3.86. The molecule has 1 aromatic heterocycles. The third-order valence-electron chi connectivity index (χ3n) is 4.27. The molecule has 0 radical (unpaired) electrons. The van der Waals surface area contributed by atoms with Crippen LogP contribution in [0.5, 0.6) is 0 Å². The zero-order valence-electron chi connectivity index (χ0n) is 11.3. The Morgan fingerprint density at radius 3 is 2.47 bits per heavy atom. The Hall–Kier alpha value is -1.20. The van der Waals surface area contributed by atoms with E-state index in [2.05, 4.69) is 10.4 Å². The third-order valence-corrected chi connectivity index (χ3v) is 4.27. The number of hydrazine groups is 1. The lowest BCUT2D eigenvalue weighted by molar-refractivity contribution is 0.0835. The van der Waals surface area contributed by atoms with E-state index >= 15 is 0 Å². The second-order valence-electron chi connectivity index (χ2n) is 5.55. The topological polar surface area (TPSA) is 73.1 Å². The molecule has 19 heavy (non-hydrogen) atoms. The fourth-order valence-electron chi connectivity index (χ4n) is 3.13. The lowest BCUT2D eigenvalue weighted by Crippen LogP contribution is -2.19. The molecule has 2 fully saturated rings. The highest BCUT2D eigenvalue weighted by Crippen LogP contribution is 2.35. The van der Waals surface area contributed by atoms with Crippen molar-refractivity contribution in [2.75, 3.05) is 18.6 Å². The fourth-order valence-corrected chi connectivity index (χ4v) is 3.13. The lowest BCUT2D eigenvalue weighted by Gasteiger charge is -2.22. The van der Waals surface area contributed by atoms with Crippen LogP contribution in [-0.4, -0.2) is 23.2 Å². The molecule has 5 heteroatoms. The van der Waals surface area contributed by atoms with Gasteiger partial charge in [-0.1, -0.05) is 12.8 Å². The molecule has 2 heterocycles. The maximum atomic E-state index is 5.55. The molecule has 3 rings (SSSR count). The summed E-state index contributed by atoms with van der Waals surface area (Å²) in [4.78, 5) is 9.37.